The number of aryl methyl sites for hydroxylation is 1. The zero-order valence-electron chi connectivity index (χ0n) is 10.3. The molecule has 1 N–H and O–H groups in total. The van der Waals surface area contributed by atoms with Crippen LogP contribution in [0, 0.1) is 5.82 Å². The molecule has 0 bridgehead atoms. The predicted octanol–water partition coefficient (Wildman–Crippen LogP) is 2.21. The van der Waals surface area contributed by atoms with Crippen LogP contribution in [0.1, 0.15) is 25.3 Å². The minimum absolute atomic E-state index is 0.160. The summed E-state index contributed by atoms with van der Waals surface area (Å²) in [4.78, 5) is 2.31. The van der Waals surface area contributed by atoms with Crippen molar-refractivity contribution in [1.82, 2.24) is 4.90 Å². The Bertz CT molecular complexity index is 369. The van der Waals surface area contributed by atoms with Crippen molar-refractivity contribution in [2.24, 2.45) is 0 Å². The number of likely N-dealkylation sites (tertiary alicyclic amines) is 1. The fourth-order valence-electron chi connectivity index (χ4n) is 2.42. The van der Waals surface area contributed by atoms with Crippen LogP contribution in [0.5, 0.6) is 0 Å². The quantitative estimate of drug-likeness (QED) is 0.868. The van der Waals surface area contributed by atoms with Crippen molar-refractivity contribution in [3.63, 3.8) is 0 Å². The molecule has 0 saturated carbocycles. The molecule has 1 aliphatic rings. The summed E-state index contributed by atoms with van der Waals surface area (Å²) >= 11 is 0. The van der Waals surface area contributed by atoms with E-state index < -0.39 is 0 Å². The molecule has 94 valence electrons. The van der Waals surface area contributed by atoms with E-state index in [1.54, 1.807) is 12.1 Å². The Morgan fingerprint density at radius 3 is 3.00 bits per heavy atom. The topological polar surface area (TPSA) is 23.5 Å². The number of benzene rings is 1. The summed E-state index contributed by atoms with van der Waals surface area (Å²) in [5.74, 6) is -0.160. The summed E-state index contributed by atoms with van der Waals surface area (Å²) in [6, 6.07) is 7.26. The lowest BCUT2D eigenvalue weighted by molar-refractivity contribution is 0.160. The number of rotatable bonds is 4. The van der Waals surface area contributed by atoms with Gasteiger partial charge in [-0.3, -0.25) is 4.90 Å². The number of hydrogen-bond donors (Lipinski definition) is 1. The Hall–Kier alpha value is -0.930. The monoisotopic (exact) mass is 237 g/mol. The van der Waals surface area contributed by atoms with E-state index in [0.717, 1.165) is 37.9 Å². The Morgan fingerprint density at radius 2 is 2.35 bits per heavy atom. The third kappa shape index (κ3) is 3.51. The van der Waals surface area contributed by atoms with Gasteiger partial charge in [0, 0.05) is 19.1 Å². The summed E-state index contributed by atoms with van der Waals surface area (Å²) in [6.07, 6.45) is 2.62. The van der Waals surface area contributed by atoms with Gasteiger partial charge in [0.1, 0.15) is 5.82 Å². The second-order valence-electron chi connectivity index (χ2n) is 4.96. The van der Waals surface area contributed by atoms with Crippen molar-refractivity contribution in [3.05, 3.63) is 35.6 Å². The van der Waals surface area contributed by atoms with Crippen LogP contribution in [0.25, 0.3) is 0 Å². The van der Waals surface area contributed by atoms with Crippen molar-refractivity contribution in [2.75, 3.05) is 13.1 Å². The Balaban J connectivity index is 1.81. The zero-order chi connectivity index (χ0) is 12.3. The van der Waals surface area contributed by atoms with Crippen LogP contribution < -0.4 is 0 Å². The molecule has 0 radical (unpaired) electrons. The number of hydrogen-bond acceptors (Lipinski definition) is 2. The molecule has 0 spiro atoms. The van der Waals surface area contributed by atoms with E-state index in [0.29, 0.717) is 6.04 Å². The van der Waals surface area contributed by atoms with Crippen LogP contribution in [0.2, 0.25) is 0 Å². The molecule has 0 unspecified atom stereocenters. The van der Waals surface area contributed by atoms with Crippen molar-refractivity contribution < 1.29 is 9.50 Å². The van der Waals surface area contributed by atoms with Gasteiger partial charge in [0.2, 0.25) is 0 Å². The van der Waals surface area contributed by atoms with Crippen LogP contribution in [-0.4, -0.2) is 35.2 Å². The van der Waals surface area contributed by atoms with E-state index >= 15 is 0 Å². The molecule has 1 aliphatic heterocycles. The molecule has 1 aromatic carbocycles. The van der Waals surface area contributed by atoms with Crippen LogP contribution in [0.3, 0.4) is 0 Å². The highest BCUT2D eigenvalue weighted by atomic mass is 19.1. The highest BCUT2D eigenvalue weighted by Gasteiger charge is 2.23. The summed E-state index contributed by atoms with van der Waals surface area (Å²) in [5.41, 5.74) is 1.05. The summed E-state index contributed by atoms with van der Waals surface area (Å²) < 4.78 is 13.0. The largest absolute Gasteiger partial charge is 0.392 e. The smallest absolute Gasteiger partial charge is 0.123 e. The number of nitrogens with zero attached hydrogens (tertiary/aromatic N) is 1. The second-order valence-corrected chi connectivity index (χ2v) is 4.96. The van der Waals surface area contributed by atoms with E-state index in [9.17, 15) is 9.50 Å². The molecule has 17 heavy (non-hydrogen) atoms. The minimum Gasteiger partial charge on any atom is -0.392 e. The molecule has 2 rings (SSSR count). The van der Waals surface area contributed by atoms with Crippen LogP contribution in [0.15, 0.2) is 24.3 Å². The Morgan fingerprint density at radius 1 is 1.53 bits per heavy atom. The molecule has 3 heteroatoms. The Kier molecular flexibility index (Phi) is 4.13. The maximum absolute atomic E-state index is 13.0. The number of aliphatic hydroxyl groups excluding tert-OH is 1. The summed E-state index contributed by atoms with van der Waals surface area (Å²) in [6.45, 7) is 3.94. The van der Waals surface area contributed by atoms with Gasteiger partial charge in [-0.25, -0.2) is 4.39 Å². The molecular formula is C14H20FNO. The summed E-state index contributed by atoms with van der Waals surface area (Å²) in [7, 11) is 0. The van der Waals surface area contributed by atoms with Gasteiger partial charge in [-0.05, 0) is 43.9 Å². The molecule has 1 heterocycles. The number of β-amino-alcohol motifs (C(OH)–C–C–N with tert-alkyl or cyclic N) is 1. The maximum atomic E-state index is 13.0. The number of aliphatic hydroxyl groups is 1. The van der Waals surface area contributed by atoms with Gasteiger partial charge in [0.05, 0.1) is 6.10 Å². The molecule has 1 aromatic rings. The molecular weight excluding hydrogens is 217 g/mol. The maximum Gasteiger partial charge on any atom is 0.123 e. The molecule has 1 fully saturated rings. The van der Waals surface area contributed by atoms with Gasteiger partial charge in [-0.1, -0.05) is 12.1 Å². The fourth-order valence-corrected chi connectivity index (χ4v) is 2.42. The lowest BCUT2D eigenvalue weighted by Gasteiger charge is -2.23. The van der Waals surface area contributed by atoms with E-state index in [2.05, 4.69) is 11.8 Å². The van der Waals surface area contributed by atoms with Crippen LogP contribution >= 0.6 is 0 Å². The van der Waals surface area contributed by atoms with Gasteiger partial charge < -0.3 is 5.11 Å². The highest BCUT2D eigenvalue weighted by Crippen LogP contribution is 2.16. The van der Waals surface area contributed by atoms with E-state index in [1.165, 1.54) is 6.07 Å². The van der Waals surface area contributed by atoms with Crippen molar-refractivity contribution in [2.45, 2.75) is 38.3 Å². The molecule has 0 aliphatic carbocycles. The minimum atomic E-state index is -0.161. The number of halogens is 1. The summed E-state index contributed by atoms with van der Waals surface area (Å²) in [5, 5.41) is 9.48. The first-order chi connectivity index (χ1) is 8.15. The molecule has 1 saturated heterocycles. The van der Waals surface area contributed by atoms with Gasteiger partial charge >= 0.3 is 0 Å². The second kappa shape index (κ2) is 5.61. The molecule has 0 amide bonds. The van der Waals surface area contributed by atoms with Gasteiger partial charge in [-0.2, -0.15) is 0 Å². The van der Waals surface area contributed by atoms with Crippen LogP contribution in [-0.2, 0) is 6.42 Å². The van der Waals surface area contributed by atoms with Gasteiger partial charge in [0.15, 0.2) is 0 Å². The first-order valence-corrected chi connectivity index (χ1v) is 6.31. The Labute approximate surface area is 102 Å². The van der Waals surface area contributed by atoms with Crippen LogP contribution in [0.4, 0.5) is 4.39 Å². The average molecular weight is 237 g/mol. The fraction of sp³-hybridized carbons (Fsp3) is 0.571. The molecule has 2 nitrogen and oxygen atoms in total. The zero-order valence-corrected chi connectivity index (χ0v) is 10.3. The molecule has 0 aromatic heterocycles. The third-order valence-electron chi connectivity index (χ3n) is 3.56. The lowest BCUT2D eigenvalue weighted by atomic mass is 10.1. The SMILES string of the molecule is C[C@H](CCc1cccc(F)c1)N1CC[C@H](O)C1. The van der Waals surface area contributed by atoms with E-state index in [4.69, 9.17) is 0 Å². The average Bonchev–Trinajstić information content (AvgIpc) is 2.73. The van der Waals surface area contributed by atoms with E-state index in [1.807, 2.05) is 6.07 Å². The van der Waals surface area contributed by atoms with Gasteiger partial charge in [0.25, 0.3) is 0 Å². The highest BCUT2D eigenvalue weighted by molar-refractivity contribution is 5.16. The van der Waals surface area contributed by atoms with Crippen molar-refractivity contribution in [1.29, 1.82) is 0 Å². The predicted molar refractivity (Wildman–Crippen MR) is 66.4 cm³/mol. The first-order valence-electron chi connectivity index (χ1n) is 6.31. The van der Waals surface area contributed by atoms with E-state index in [-0.39, 0.29) is 11.9 Å². The van der Waals surface area contributed by atoms with Crippen molar-refractivity contribution >= 4 is 0 Å². The third-order valence-corrected chi connectivity index (χ3v) is 3.56. The standard InChI is InChI=1S/C14H20FNO/c1-11(16-8-7-14(17)10-16)5-6-12-3-2-4-13(15)9-12/h2-4,9,11,14,17H,5-8,10H2,1H3/t11-,14+/m1/s1. The lowest BCUT2D eigenvalue weighted by Crippen LogP contribution is -2.32. The van der Waals surface area contributed by atoms with Gasteiger partial charge in [-0.15, -0.1) is 0 Å². The van der Waals surface area contributed by atoms with Crippen molar-refractivity contribution in [3.8, 4) is 0 Å². The molecule has 2 atom stereocenters. The normalized spacial score (nSPS) is 22.9. The first kappa shape index (κ1) is 12.5.